The number of hydrogen-bond acceptors (Lipinski definition) is 4. The number of ether oxygens (including phenoxy) is 1. The van der Waals surface area contributed by atoms with Crippen LogP contribution in [-0.2, 0) is 9.53 Å². The van der Waals surface area contributed by atoms with Crippen molar-refractivity contribution in [3.63, 3.8) is 0 Å². The lowest BCUT2D eigenvalue weighted by molar-refractivity contribution is -0.121. The summed E-state index contributed by atoms with van der Waals surface area (Å²) in [6.45, 7) is 1.62. The maximum Gasteiger partial charge on any atom is 0.340 e. The lowest BCUT2D eigenvalue weighted by atomic mass is 10.2. The lowest BCUT2D eigenvalue weighted by Gasteiger charge is -2.17. The van der Waals surface area contributed by atoms with Crippen molar-refractivity contribution < 1.29 is 14.3 Å². The molecule has 0 aliphatic carbocycles. The van der Waals surface area contributed by atoms with Crippen molar-refractivity contribution in [2.75, 3.05) is 18.6 Å². The van der Waals surface area contributed by atoms with Gasteiger partial charge in [0, 0.05) is 29.6 Å². The van der Waals surface area contributed by atoms with Gasteiger partial charge in [0.05, 0.1) is 5.56 Å². The zero-order valence-electron chi connectivity index (χ0n) is 12.2. The second-order valence-corrected chi connectivity index (χ2v) is 5.68. The molecule has 0 spiro atoms. The van der Waals surface area contributed by atoms with Crippen LogP contribution >= 0.6 is 15.9 Å². The fourth-order valence-corrected chi connectivity index (χ4v) is 2.18. The topological polar surface area (TPSA) is 59.5 Å². The Labute approximate surface area is 137 Å². The molecule has 0 saturated heterocycles. The number of carbonyl (C=O) groups excluding carboxylic acids is 2. The predicted octanol–water partition coefficient (Wildman–Crippen LogP) is 2.97. The van der Waals surface area contributed by atoms with E-state index in [0.29, 0.717) is 10.0 Å². The quantitative estimate of drug-likeness (QED) is 0.784. The summed E-state index contributed by atoms with van der Waals surface area (Å²) >= 11 is 3.23. The number of likely N-dealkylation sites (N-methyl/N-ethyl adjacent to an activating group) is 1. The number of halogens is 1. The molecule has 1 heterocycles. The highest BCUT2D eigenvalue weighted by molar-refractivity contribution is 9.10. The Morgan fingerprint density at radius 2 is 2.05 bits per heavy atom. The van der Waals surface area contributed by atoms with Crippen LogP contribution in [0.2, 0.25) is 0 Å². The summed E-state index contributed by atoms with van der Waals surface area (Å²) in [5.74, 6) is -0.887. The second kappa shape index (κ2) is 7.17. The molecule has 0 fully saturated rings. The Hall–Kier alpha value is -2.21. The molecule has 114 valence electrons. The molecule has 1 amide bonds. The molecule has 0 N–H and O–H groups in total. The molecule has 0 saturated carbocycles. The van der Waals surface area contributed by atoms with Gasteiger partial charge in [0.1, 0.15) is 0 Å². The van der Waals surface area contributed by atoms with Crippen LogP contribution in [0.1, 0.15) is 15.9 Å². The van der Waals surface area contributed by atoms with Gasteiger partial charge in [-0.25, -0.2) is 4.79 Å². The molecule has 2 rings (SSSR count). The first kappa shape index (κ1) is 16.2. The molecule has 0 bridgehead atoms. The maximum absolute atomic E-state index is 12.1. The van der Waals surface area contributed by atoms with Gasteiger partial charge in [0.15, 0.2) is 6.61 Å². The van der Waals surface area contributed by atoms with Crippen molar-refractivity contribution in [1.82, 2.24) is 4.98 Å². The highest BCUT2D eigenvalue weighted by Gasteiger charge is 2.15. The van der Waals surface area contributed by atoms with E-state index in [4.69, 9.17) is 4.74 Å². The molecule has 0 unspecified atom stereocenters. The van der Waals surface area contributed by atoms with E-state index in [1.54, 1.807) is 19.3 Å². The molecule has 2 aromatic rings. The van der Waals surface area contributed by atoms with E-state index in [0.717, 1.165) is 11.3 Å². The average molecular weight is 363 g/mol. The summed E-state index contributed by atoms with van der Waals surface area (Å²) in [4.78, 5) is 29.3. The molecule has 1 aromatic carbocycles. The number of aryl methyl sites for hydroxylation is 1. The first-order chi connectivity index (χ1) is 10.5. The van der Waals surface area contributed by atoms with Gasteiger partial charge < -0.3 is 9.64 Å². The van der Waals surface area contributed by atoms with E-state index >= 15 is 0 Å². The smallest absolute Gasteiger partial charge is 0.340 e. The third kappa shape index (κ3) is 4.14. The van der Waals surface area contributed by atoms with Crippen LogP contribution in [0.25, 0.3) is 0 Å². The number of amides is 1. The minimum Gasteiger partial charge on any atom is -0.452 e. The molecule has 22 heavy (non-hydrogen) atoms. The van der Waals surface area contributed by atoms with E-state index in [1.807, 2.05) is 31.2 Å². The first-order valence-corrected chi connectivity index (χ1v) is 7.37. The van der Waals surface area contributed by atoms with E-state index in [9.17, 15) is 9.59 Å². The number of esters is 1. The summed E-state index contributed by atoms with van der Waals surface area (Å²) in [5, 5.41) is 0. The molecule has 0 aliphatic heterocycles. The zero-order valence-corrected chi connectivity index (χ0v) is 13.8. The Morgan fingerprint density at radius 1 is 1.27 bits per heavy atom. The van der Waals surface area contributed by atoms with E-state index in [1.165, 1.54) is 11.1 Å². The van der Waals surface area contributed by atoms with Gasteiger partial charge in [-0.2, -0.15) is 0 Å². The first-order valence-electron chi connectivity index (χ1n) is 6.58. The molecule has 5 nitrogen and oxygen atoms in total. The maximum atomic E-state index is 12.1. The number of hydrogen-bond donors (Lipinski definition) is 0. The normalized spacial score (nSPS) is 10.1. The van der Waals surface area contributed by atoms with Crippen LogP contribution in [0.3, 0.4) is 0 Å². The zero-order chi connectivity index (χ0) is 16.1. The summed E-state index contributed by atoms with van der Waals surface area (Å²) in [7, 11) is 1.64. The fourth-order valence-electron chi connectivity index (χ4n) is 1.81. The number of benzene rings is 1. The third-order valence-electron chi connectivity index (χ3n) is 3.03. The minimum atomic E-state index is -0.584. The van der Waals surface area contributed by atoms with Gasteiger partial charge in [-0.3, -0.25) is 9.78 Å². The van der Waals surface area contributed by atoms with Crippen molar-refractivity contribution >= 4 is 33.5 Å². The molecule has 0 atom stereocenters. The second-order valence-electron chi connectivity index (χ2n) is 4.76. The van der Waals surface area contributed by atoms with Crippen LogP contribution < -0.4 is 4.90 Å². The van der Waals surface area contributed by atoms with Gasteiger partial charge in [-0.15, -0.1) is 0 Å². The van der Waals surface area contributed by atoms with Crippen LogP contribution in [0.4, 0.5) is 5.69 Å². The van der Waals surface area contributed by atoms with E-state index in [-0.39, 0.29) is 12.5 Å². The fraction of sp³-hybridized carbons (Fsp3) is 0.188. The SMILES string of the molecule is Cc1cccc(N(C)C(=O)COC(=O)c2cncc(Br)c2)c1. The molecular weight excluding hydrogens is 348 g/mol. The predicted molar refractivity (Wildman–Crippen MR) is 86.8 cm³/mol. The number of pyridine rings is 1. The standard InChI is InChI=1S/C16H15BrN2O3/c1-11-4-3-5-14(6-11)19(2)15(20)10-22-16(21)12-7-13(17)9-18-8-12/h3-9H,10H2,1-2H3. The molecule has 6 heteroatoms. The summed E-state index contributed by atoms with van der Waals surface area (Å²) in [5.41, 5.74) is 2.10. The molecular formula is C16H15BrN2O3. The summed E-state index contributed by atoms with van der Waals surface area (Å²) < 4.78 is 5.70. The lowest BCUT2D eigenvalue weighted by Crippen LogP contribution is -2.31. The van der Waals surface area contributed by atoms with Crippen LogP contribution in [0.5, 0.6) is 0 Å². The van der Waals surface area contributed by atoms with Gasteiger partial charge in [-0.1, -0.05) is 12.1 Å². The Bertz CT molecular complexity index is 703. The Balaban J connectivity index is 1.96. The van der Waals surface area contributed by atoms with Gasteiger partial charge in [0.25, 0.3) is 5.91 Å². The van der Waals surface area contributed by atoms with Gasteiger partial charge >= 0.3 is 5.97 Å². The average Bonchev–Trinajstić information content (AvgIpc) is 2.51. The van der Waals surface area contributed by atoms with Crippen LogP contribution in [0, 0.1) is 6.92 Å². The van der Waals surface area contributed by atoms with Crippen molar-refractivity contribution in [3.05, 3.63) is 58.3 Å². The van der Waals surface area contributed by atoms with E-state index < -0.39 is 5.97 Å². The Morgan fingerprint density at radius 3 is 2.73 bits per heavy atom. The largest absolute Gasteiger partial charge is 0.452 e. The number of carbonyl (C=O) groups is 2. The van der Waals surface area contributed by atoms with E-state index in [2.05, 4.69) is 20.9 Å². The monoisotopic (exact) mass is 362 g/mol. The number of anilines is 1. The highest BCUT2D eigenvalue weighted by Crippen LogP contribution is 2.15. The highest BCUT2D eigenvalue weighted by atomic mass is 79.9. The number of nitrogens with zero attached hydrogens (tertiary/aromatic N) is 2. The number of aromatic nitrogens is 1. The summed E-state index contributed by atoms with van der Waals surface area (Å²) in [6, 6.07) is 9.11. The van der Waals surface area contributed by atoms with Crippen molar-refractivity contribution in [3.8, 4) is 0 Å². The van der Waals surface area contributed by atoms with Crippen LogP contribution in [0.15, 0.2) is 47.2 Å². The number of rotatable bonds is 4. The molecule has 0 radical (unpaired) electrons. The summed E-state index contributed by atoms with van der Waals surface area (Å²) in [6.07, 6.45) is 2.95. The molecule has 1 aromatic heterocycles. The van der Waals surface area contributed by atoms with Crippen molar-refractivity contribution in [2.45, 2.75) is 6.92 Å². The van der Waals surface area contributed by atoms with Gasteiger partial charge in [0.2, 0.25) is 0 Å². The van der Waals surface area contributed by atoms with Gasteiger partial charge in [-0.05, 0) is 46.6 Å². The van der Waals surface area contributed by atoms with Crippen molar-refractivity contribution in [1.29, 1.82) is 0 Å². The molecule has 0 aliphatic rings. The minimum absolute atomic E-state index is 0.292. The third-order valence-corrected chi connectivity index (χ3v) is 3.46. The van der Waals surface area contributed by atoms with Crippen molar-refractivity contribution in [2.24, 2.45) is 0 Å². The Kier molecular flexibility index (Phi) is 5.27. The van der Waals surface area contributed by atoms with Crippen LogP contribution in [-0.4, -0.2) is 30.5 Å².